The van der Waals surface area contributed by atoms with Crippen molar-refractivity contribution in [1.82, 2.24) is 4.98 Å². The van der Waals surface area contributed by atoms with Crippen LogP contribution in [0.2, 0.25) is 0 Å². The molecule has 3 rings (SSSR count). The number of carbonyl (C=O) groups excluding carboxylic acids is 1. The second kappa shape index (κ2) is 7.90. The number of aromatic nitrogens is 1. The Kier molecular flexibility index (Phi) is 5.60. The third-order valence-electron chi connectivity index (χ3n) is 5.22. The minimum absolute atomic E-state index is 0.0766. The highest BCUT2D eigenvalue weighted by molar-refractivity contribution is 5.99. The Balaban J connectivity index is 1.83. The van der Waals surface area contributed by atoms with Crippen molar-refractivity contribution in [2.45, 2.75) is 58.3 Å². The number of rotatable bonds is 6. The molecule has 1 heterocycles. The summed E-state index contributed by atoms with van der Waals surface area (Å²) in [6.45, 7) is 6.69. The van der Waals surface area contributed by atoms with Crippen LogP contribution in [-0.2, 0) is 10.2 Å². The lowest BCUT2D eigenvalue weighted by Crippen LogP contribution is -2.38. The van der Waals surface area contributed by atoms with Gasteiger partial charge in [-0.05, 0) is 44.7 Å². The first-order valence-corrected chi connectivity index (χ1v) is 9.54. The highest BCUT2D eigenvalue weighted by atomic mass is 16.5. The van der Waals surface area contributed by atoms with E-state index in [9.17, 15) is 4.79 Å². The number of aryl methyl sites for hydroxylation is 2. The van der Waals surface area contributed by atoms with E-state index in [1.165, 1.54) is 5.56 Å². The van der Waals surface area contributed by atoms with Crippen molar-refractivity contribution in [3.05, 3.63) is 53.2 Å². The maximum Gasteiger partial charge on any atom is 0.235 e. The van der Waals surface area contributed by atoms with Crippen molar-refractivity contribution in [2.75, 3.05) is 11.9 Å². The Morgan fingerprint density at radius 2 is 1.96 bits per heavy atom. The van der Waals surface area contributed by atoms with Gasteiger partial charge in [-0.3, -0.25) is 4.79 Å². The molecule has 1 saturated carbocycles. The third kappa shape index (κ3) is 3.74. The van der Waals surface area contributed by atoms with Gasteiger partial charge in [0.15, 0.2) is 0 Å². The predicted molar refractivity (Wildman–Crippen MR) is 105 cm³/mol. The van der Waals surface area contributed by atoms with Gasteiger partial charge < -0.3 is 10.1 Å². The number of hydrogen-bond acceptors (Lipinski definition) is 3. The van der Waals surface area contributed by atoms with Gasteiger partial charge in [0.25, 0.3) is 0 Å². The summed E-state index contributed by atoms with van der Waals surface area (Å²) in [5.41, 5.74) is 3.43. The van der Waals surface area contributed by atoms with Crippen LogP contribution in [0.15, 0.2) is 36.4 Å². The Morgan fingerprint density at radius 1 is 1.19 bits per heavy atom. The molecule has 4 nitrogen and oxygen atoms in total. The smallest absolute Gasteiger partial charge is 0.235 e. The quantitative estimate of drug-likeness (QED) is 0.801. The summed E-state index contributed by atoms with van der Waals surface area (Å²) in [4.78, 5) is 17.8. The highest BCUT2D eigenvalue weighted by Gasteiger charge is 2.42. The molecule has 4 heteroatoms. The molecule has 2 aromatic rings. The molecule has 0 saturated heterocycles. The van der Waals surface area contributed by atoms with Crippen LogP contribution in [0, 0.1) is 13.8 Å². The van der Waals surface area contributed by atoms with Gasteiger partial charge in [-0.2, -0.15) is 0 Å². The van der Waals surface area contributed by atoms with Gasteiger partial charge in [0.2, 0.25) is 11.8 Å². The maximum atomic E-state index is 13.3. The minimum atomic E-state index is -0.435. The summed E-state index contributed by atoms with van der Waals surface area (Å²) in [5.74, 6) is 0.685. The summed E-state index contributed by atoms with van der Waals surface area (Å²) >= 11 is 0. The van der Waals surface area contributed by atoms with Gasteiger partial charge in [0.1, 0.15) is 0 Å². The average Bonchev–Trinajstić information content (AvgIpc) is 3.13. The molecule has 26 heavy (non-hydrogen) atoms. The van der Waals surface area contributed by atoms with Crippen molar-refractivity contribution in [3.8, 4) is 5.88 Å². The zero-order valence-corrected chi connectivity index (χ0v) is 16.0. The molecular formula is C22H28N2O2. The summed E-state index contributed by atoms with van der Waals surface area (Å²) < 4.78 is 5.57. The minimum Gasteiger partial charge on any atom is -0.478 e. The van der Waals surface area contributed by atoms with Crippen LogP contribution in [-0.4, -0.2) is 17.5 Å². The Hall–Kier alpha value is -2.36. The number of nitrogens with one attached hydrogen (secondary N) is 1. The van der Waals surface area contributed by atoms with E-state index in [-0.39, 0.29) is 5.91 Å². The Morgan fingerprint density at radius 3 is 2.62 bits per heavy atom. The van der Waals surface area contributed by atoms with Crippen molar-refractivity contribution in [2.24, 2.45) is 0 Å². The molecule has 1 aliphatic rings. The molecule has 1 fully saturated rings. The lowest BCUT2D eigenvalue weighted by molar-refractivity contribution is -0.121. The monoisotopic (exact) mass is 352 g/mol. The fourth-order valence-corrected chi connectivity index (χ4v) is 3.77. The van der Waals surface area contributed by atoms with Gasteiger partial charge in [-0.1, -0.05) is 49.6 Å². The van der Waals surface area contributed by atoms with E-state index in [0.29, 0.717) is 12.5 Å². The van der Waals surface area contributed by atoms with Crippen LogP contribution in [0.25, 0.3) is 0 Å². The molecule has 0 bridgehead atoms. The van der Waals surface area contributed by atoms with Crippen molar-refractivity contribution in [3.63, 3.8) is 0 Å². The molecule has 1 aromatic heterocycles. The van der Waals surface area contributed by atoms with E-state index in [4.69, 9.17) is 4.74 Å². The molecule has 0 atom stereocenters. The Bertz CT molecular complexity index is 779. The summed E-state index contributed by atoms with van der Waals surface area (Å²) in [6, 6.07) is 12.1. The topological polar surface area (TPSA) is 51.2 Å². The van der Waals surface area contributed by atoms with Gasteiger partial charge in [-0.25, -0.2) is 4.98 Å². The number of anilines is 1. The molecule has 138 valence electrons. The second-order valence-electron chi connectivity index (χ2n) is 7.24. The molecule has 0 unspecified atom stereocenters. The first kappa shape index (κ1) is 18.4. The molecular weight excluding hydrogens is 324 g/mol. The van der Waals surface area contributed by atoms with Crippen molar-refractivity contribution >= 4 is 11.6 Å². The second-order valence-corrected chi connectivity index (χ2v) is 7.24. The SMILES string of the molecule is CCCOc1ccc(NC(=O)C2(c3cccc(C)c3)CCCC2)c(C)n1. The van der Waals surface area contributed by atoms with Crippen LogP contribution in [0.1, 0.15) is 55.8 Å². The number of benzene rings is 1. The summed E-state index contributed by atoms with van der Waals surface area (Å²) in [7, 11) is 0. The van der Waals surface area contributed by atoms with Crippen molar-refractivity contribution < 1.29 is 9.53 Å². The normalized spacial score (nSPS) is 15.7. The molecule has 1 amide bonds. The van der Waals surface area contributed by atoms with E-state index in [1.54, 1.807) is 0 Å². The van der Waals surface area contributed by atoms with Crippen LogP contribution < -0.4 is 10.1 Å². The molecule has 1 aliphatic carbocycles. The van der Waals surface area contributed by atoms with Crippen LogP contribution >= 0.6 is 0 Å². The summed E-state index contributed by atoms with van der Waals surface area (Å²) in [6.07, 6.45) is 4.90. The molecule has 1 N–H and O–H groups in total. The number of ether oxygens (including phenoxy) is 1. The van der Waals surface area contributed by atoms with E-state index >= 15 is 0 Å². The predicted octanol–water partition coefficient (Wildman–Crippen LogP) is 4.94. The molecule has 0 radical (unpaired) electrons. The number of hydrogen-bond donors (Lipinski definition) is 1. The van der Waals surface area contributed by atoms with Gasteiger partial charge in [-0.15, -0.1) is 0 Å². The highest BCUT2D eigenvalue weighted by Crippen LogP contribution is 2.42. The van der Waals surface area contributed by atoms with Gasteiger partial charge >= 0.3 is 0 Å². The summed E-state index contributed by atoms with van der Waals surface area (Å²) in [5, 5.41) is 3.14. The molecule has 0 spiro atoms. The van der Waals surface area contributed by atoms with Gasteiger partial charge in [0, 0.05) is 6.07 Å². The zero-order chi connectivity index (χ0) is 18.6. The standard InChI is InChI=1S/C22H28N2O2/c1-4-14-26-20-11-10-19(17(3)23-20)24-21(25)22(12-5-6-13-22)18-9-7-8-16(2)15-18/h7-11,15H,4-6,12-14H2,1-3H3,(H,24,25). The fraction of sp³-hybridized carbons (Fsp3) is 0.455. The van der Waals surface area contributed by atoms with Crippen LogP contribution in [0.4, 0.5) is 5.69 Å². The van der Waals surface area contributed by atoms with E-state index in [0.717, 1.165) is 49.0 Å². The van der Waals surface area contributed by atoms with E-state index in [1.807, 2.05) is 25.1 Å². The lowest BCUT2D eigenvalue weighted by Gasteiger charge is -2.29. The van der Waals surface area contributed by atoms with Gasteiger partial charge in [0.05, 0.1) is 23.4 Å². The average molecular weight is 352 g/mol. The Labute approximate surface area is 156 Å². The fourth-order valence-electron chi connectivity index (χ4n) is 3.77. The maximum absolute atomic E-state index is 13.3. The molecule has 0 aliphatic heterocycles. The third-order valence-corrected chi connectivity index (χ3v) is 5.22. The number of carbonyl (C=O) groups is 1. The van der Waals surface area contributed by atoms with Crippen molar-refractivity contribution in [1.29, 1.82) is 0 Å². The first-order chi connectivity index (χ1) is 12.5. The van der Waals surface area contributed by atoms with E-state index < -0.39 is 5.41 Å². The number of pyridine rings is 1. The number of nitrogens with zero attached hydrogens (tertiary/aromatic N) is 1. The van der Waals surface area contributed by atoms with Crippen LogP contribution in [0.5, 0.6) is 5.88 Å². The molecule has 1 aromatic carbocycles. The first-order valence-electron chi connectivity index (χ1n) is 9.54. The van der Waals surface area contributed by atoms with E-state index in [2.05, 4.69) is 42.3 Å². The number of amides is 1. The van der Waals surface area contributed by atoms with Crippen LogP contribution in [0.3, 0.4) is 0 Å². The zero-order valence-electron chi connectivity index (χ0n) is 16.0. The largest absolute Gasteiger partial charge is 0.478 e. The lowest BCUT2D eigenvalue weighted by atomic mass is 9.77.